The van der Waals surface area contributed by atoms with Crippen LogP contribution in [0, 0.1) is 19.8 Å². The molecule has 0 radical (unpaired) electrons. The molecule has 1 aromatic rings. The second-order valence-corrected chi connectivity index (χ2v) is 5.93. The molecule has 0 spiro atoms. The van der Waals surface area contributed by atoms with Crippen LogP contribution in [-0.4, -0.2) is 30.5 Å². The zero-order valence-electron chi connectivity index (χ0n) is 12.8. The second-order valence-electron chi connectivity index (χ2n) is 5.93. The molecule has 2 rings (SSSR count). The maximum absolute atomic E-state index is 12.1. The first kappa shape index (κ1) is 14.9. The minimum Gasteiger partial charge on any atom is -0.493 e. The van der Waals surface area contributed by atoms with Crippen molar-refractivity contribution in [2.75, 3.05) is 19.7 Å². The summed E-state index contributed by atoms with van der Waals surface area (Å²) in [5.74, 6) is 1.87. The van der Waals surface area contributed by atoms with Crippen molar-refractivity contribution in [3.63, 3.8) is 0 Å². The number of carbonyl (C=O) groups excluding carboxylic acids is 1. The summed E-state index contributed by atoms with van der Waals surface area (Å²) in [6.07, 6.45) is 2.73. The summed E-state index contributed by atoms with van der Waals surface area (Å²) in [6, 6.07) is 6.16. The van der Waals surface area contributed by atoms with Gasteiger partial charge in [0.2, 0.25) is 5.91 Å². The van der Waals surface area contributed by atoms with E-state index in [-0.39, 0.29) is 5.91 Å². The maximum atomic E-state index is 12.1. The van der Waals surface area contributed by atoms with Crippen molar-refractivity contribution < 1.29 is 9.53 Å². The number of benzene rings is 1. The predicted molar refractivity (Wildman–Crippen MR) is 81.0 cm³/mol. The van der Waals surface area contributed by atoms with E-state index in [1.54, 1.807) is 0 Å². The highest BCUT2D eigenvalue weighted by Gasteiger charge is 2.19. The zero-order valence-corrected chi connectivity index (χ0v) is 12.8. The lowest BCUT2D eigenvalue weighted by atomic mass is 9.99. The van der Waals surface area contributed by atoms with Crippen LogP contribution in [0.15, 0.2) is 18.2 Å². The quantitative estimate of drug-likeness (QED) is 0.843. The van der Waals surface area contributed by atoms with E-state index >= 15 is 0 Å². The van der Waals surface area contributed by atoms with E-state index in [2.05, 4.69) is 19.1 Å². The van der Waals surface area contributed by atoms with Gasteiger partial charge in [-0.3, -0.25) is 4.79 Å². The van der Waals surface area contributed by atoms with Crippen molar-refractivity contribution in [2.45, 2.75) is 40.0 Å². The largest absolute Gasteiger partial charge is 0.493 e. The molecule has 0 aliphatic carbocycles. The van der Waals surface area contributed by atoms with E-state index in [1.807, 2.05) is 24.8 Å². The average Bonchev–Trinajstić information content (AvgIpc) is 2.43. The number of hydrogen-bond acceptors (Lipinski definition) is 2. The van der Waals surface area contributed by atoms with E-state index in [9.17, 15) is 4.79 Å². The number of carbonyl (C=O) groups is 1. The van der Waals surface area contributed by atoms with E-state index in [4.69, 9.17) is 4.74 Å². The van der Waals surface area contributed by atoms with Crippen LogP contribution >= 0.6 is 0 Å². The topological polar surface area (TPSA) is 29.5 Å². The molecule has 0 aromatic heterocycles. The lowest BCUT2D eigenvalue weighted by Gasteiger charge is -2.30. The molecule has 1 aliphatic rings. The highest BCUT2D eigenvalue weighted by atomic mass is 16.5. The van der Waals surface area contributed by atoms with Gasteiger partial charge in [0.25, 0.3) is 0 Å². The number of nitrogens with zero attached hydrogens (tertiary/aromatic N) is 1. The summed E-state index contributed by atoms with van der Waals surface area (Å²) in [4.78, 5) is 14.1. The first-order chi connectivity index (χ1) is 9.56. The molecule has 3 heteroatoms. The third kappa shape index (κ3) is 3.99. The smallest absolute Gasteiger partial charge is 0.225 e. The van der Waals surface area contributed by atoms with Gasteiger partial charge in [-0.15, -0.1) is 0 Å². The van der Waals surface area contributed by atoms with Crippen LogP contribution in [0.1, 0.15) is 37.3 Å². The third-order valence-corrected chi connectivity index (χ3v) is 4.05. The number of amides is 1. The molecule has 110 valence electrons. The fourth-order valence-electron chi connectivity index (χ4n) is 2.53. The molecule has 1 amide bonds. The van der Waals surface area contributed by atoms with Gasteiger partial charge in [-0.05, 0) is 49.8 Å². The first-order valence-corrected chi connectivity index (χ1v) is 7.54. The molecule has 0 bridgehead atoms. The van der Waals surface area contributed by atoms with Gasteiger partial charge in [-0.25, -0.2) is 0 Å². The molecule has 1 aromatic carbocycles. The van der Waals surface area contributed by atoms with E-state index in [1.165, 1.54) is 5.56 Å². The Morgan fingerprint density at radius 1 is 1.30 bits per heavy atom. The van der Waals surface area contributed by atoms with Gasteiger partial charge in [0.1, 0.15) is 5.75 Å². The number of likely N-dealkylation sites (tertiary alicyclic amines) is 1. The summed E-state index contributed by atoms with van der Waals surface area (Å²) in [5.41, 5.74) is 2.30. The van der Waals surface area contributed by atoms with Gasteiger partial charge in [0.05, 0.1) is 13.0 Å². The molecule has 20 heavy (non-hydrogen) atoms. The summed E-state index contributed by atoms with van der Waals surface area (Å²) >= 11 is 0. The predicted octanol–water partition coefficient (Wildman–Crippen LogP) is 3.33. The summed E-state index contributed by atoms with van der Waals surface area (Å²) in [5, 5.41) is 0. The first-order valence-electron chi connectivity index (χ1n) is 7.54. The Labute approximate surface area is 121 Å². The minimum absolute atomic E-state index is 0.224. The van der Waals surface area contributed by atoms with Crippen LogP contribution in [0.3, 0.4) is 0 Å². The fraction of sp³-hybridized carbons (Fsp3) is 0.588. The van der Waals surface area contributed by atoms with Crippen LogP contribution < -0.4 is 4.74 Å². The lowest BCUT2D eigenvalue weighted by molar-refractivity contribution is -0.133. The molecule has 0 N–H and O–H groups in total. The van der Waals surface area contributed by atoms with E-state index in [0.29, 0.717) is 13.0 Å². The summed E-state index contributed by atoms with van der Waals surface area (Å²) in [7, 11) is 0. The van der Waals surface area contributed by atoms with Crippen molar-refractivity contribution in [2.24, 2.45) is 5.92 Å². The Balaban J connectivity index is 1.78. The summed E-state index contributed by atoms with van der Waals surface area (Å²) < 4.78 is 5.75. The van der Waals surface area contributed by atoms with Crippen LogP contribution in [0.25, 0.3) is 0 Å². The monoisotopic (exact) mass is 275 g/mol. The van der Waals surface area contributed by atoms with Crippen LogP contribution in [0.5, 0.6) is 5.75 Å². The van der Waals surface area contributed by atoms with Crippen LogP contribution in [0.2, 0.25) is 0 Å². The molecule has 1 fully saturated rings. The number of rotatable bonds is 4. The molecule has 0 saturated carbocycles. The van der Waals surface area contributed by atoms with Gasteiger partial charge in [0, 0.05) is 13.1 Å². The Morgan fingerprint density at radius 2 is 2.00 bits per heavy atom. The lowest BCUT2D eigenvalue weighted by Crippen LogP contribution is -2.38. The van der Waals surface area contributed by atoms with Crippen molar-refractivity contribution in [3.8, 4) is 5.75 Å². The minimum atomic E-state index is 0.224. The van der Waals surface area contributed by atoms with Crippen LogP contribution in [-0.2, 0) is 4.79 Å². The normalized spacial score (nSPS) is 16.2. The van der Waals surface area contributed by atoms with Crippen molar-refractivity contribution >= 4 is 5.91 Å². The van der Waals surface area contributed by atoms with Crippen molar-refractivity contribution in [1.82, 2.24) is 4.90 Å². The van der Waals surface area contributed by atoms with E-state index < -0.39 is 0 Å². The van der Waals surface area contributed by atoms with E-state index in [0.717, 1.165) is 43.2 Å². The number of aryl methyl sites for hydroxylation is 2. The molecule has 1 heterocycles. The van der Waals surface area contributed by atoms with Crippen molar-refractivity contribution in [3.05, 3.63) is 29.3 Å². The zero-order chi connectivity index (χ0) is 14.5. The highest BCUT2D eigenvalue weighted by Crippen LogP contribution is 2.20. The highest BCUT2D eigenvalue weighted by molar-refractivity contribution is 5.76. The molecule has 3 nitrogen and oxygen atoms in total. The van der Waals surface area contributed by atoms with Crippen molar-refractivity contribution in [1.29, 1.82) is 0 Å². The molecular formula is C17H25NO2. The second kappa shape index (κ2) is 6.78. The Kier molecular flexibility index (Phi) is 5.05. The van der Waals surface area contributed by atoms with Gasteiger partial charge in [-0.1, -0.05) is 19.1 Å². The van der Waals surface area contributed by atoms with Gasteiger partial charge in [0.15, 0.2) is 0 Å². The van der Waals surface area contributed by atoms with Gasteiger partial charge in [-0.2, -0.15) is 0 Å². The number of piperidine rings is 1. The molecule has 0 unspecified atom stereocenters. The standard InChI is InChI=1S/C17H25NO2/c1-13-6-9-18(10-7-13)17(19)8-11-20-16-12-14(2)4-5-15(16)3/h4-5,12-13H,6-11H2,1-3H3. The fourth-order valence-corrected chi connectivity index (χ4v) is 2.53. The Bertz CT molecular complexity index is 462. The SMILES string of the molecule is Cc1ccc(C)c(OCCC(=O)N2CCC(C)CC2)c1. The molecule has 1 saturated heterocycles. The molecular weight excluding hydrogens is 250 g/mol. The maximum Gasteiger partial charge on any atom is 0.225 e. The third-order valence-electron chi connectivity index (χ3n) is 4.05. The Morgan fingerprint density at radius 3 is 2.70 bits per heavy atom. The molecule has 1 aliphatic heterocycles. The number of hydrogen-bond donors (Lipinski definition) is 0. The average molecular weight is 275 g/mol. The Hall–Kier alpha value is -1.51. The number of ether oxygens (including phenoxy) is 1. The van der Waals surface area contributed by atoms with Crippen LogP contribution in [0.4, 0.5) is 0 Å². The summed E-state index contributed by atoms with van der Waals surface area (Å²) in [6.45, 7) is 8.61. The van der Waals surface area contributed by atoms with Gasteiger partial charge >= 0.3 is 0 Å². The van der Waals surface area contributed by atoms with Gasteiger partial charge < -0.3 is 9.64 Å². The molecule has 0 atom stereocenters.